The highest BCUT2D eigenvalue weighted by Crippen LogP contribution is 2.29. The van der Waals surface area contributed by atoms with Crippen molar-refractivity contribution >= 4 is 5.69 Å². The number of methoxy groups -OCH3 is 1. The Morgan fingerprint density at radius 2 is 2.24 bits per heavy atom. The first kappa shape index (κ1) is 14.9. The molecule has 118 valence electrons. The van der Waals surface area contributed by atoms with Gasteiger partial charge < -0.3 is 9.64 Å². The van der Waals surface area contributed by atoms with Crippen LogP contribution in [-0.4, -0.2) is 60.1 Å². The van der Waals surface area contributed by atoms with Gasteiger partial charge >= 0.3 is 0 Å². The molecule has 5 heteroatoms. The summed E-state index contributed by atoms with van der Waals surface area (Å²) in [7, 11) is 1.74. The molecule has 2 saturated heterocycles. The van der Waals surface area contributed by atoms with Gasteiger partial charge in [0, 0.05) is 38.5 Å². The molecule has 0 amide bonds. The summed E-state index contributed by atoms with van der Waals surface area (Å²) in [6.07, 6.45) is 9.52. The Hall–Kier alpha value is -1.07. The smallest absolute Gasteiger partial charge is 0.0756 e. The van der Waals surface area contributed by atoms with Crippen LogP contribution in [0.2, 0.25) is 0 Å². The van der Waals surface area contributed by atoms with Gasteiger partial charge in [-0.3, -0.25) is 9.58 Å². The van der Waals surface area contributed by atoms with E-state index in [-0.39, 0.29) is 0 Å². The van der Waals surface area contributed by atoms with E-state index in [0.717, 1.165) is 19.1 Å². The molecule has 0 bridgehead atoms. The first-order valence-electron chi connectivity index (χ1n) is 8.34. The van der Waals surface area contributed by atoms with Crippen molar-refractivity contribution in [1.29, 1.82) is 0 Å². The standard InChI is InChI=1S/C16H28N4O/c1-3-14-11-18-7-5-4-6-15(18)13-20(14)16-10-17-19(12-16)8-9-21-2/h10,12,14-15H,3-9,11,13H2,1-2H3. The lowest BCUT2D eigenvalue weighted by Gasteiger charge is -2.49. The van der Waals surface area contributed by atoms with E-state index >= 15 is 0 Å². The molecule has 21 heavy (non-hydrogen) atoms. The van der Waals surface area contributed by atoms with Crippen LogP contribution in [0.3, 0.4) is 0 Å². The van der Waals surface area contributed by atoms with Gasteiger partial charge in [-0.05, 0) is 25.8 Å². The highest BCUT2D eigenvalue weighted by atomic mass is 16.5. The van der Waals surface area contributed by atoms with Crippen molar-refractivity contribution in [2.24, 2.45) is 0 Å². The Kier molecular flexibility index (Phi) is 4.80. The molecule has 1 aromatic rings. The highest BCUT2D eigenvalue weighted by Gasteiger charge is 2.34. The van der Waals surface area contributed by atoms with Crippen molar-refractivity contribution in [3.8, 4) is 0 Å². The second-order valence-corrected chi connectivity index (χ2v) is 6.31. The van der Waals surface area contributed by atoms with E-state index in [0.29, 0.717) is 12.6 Å². The van der Waals surface area contributed by atoms with Gasteiger partial charge in [-0.2, -0.15) is 5.10 Å². The lowest BCUT2D eigenvalue weighted by atomic mass is 9.95. The molecule has 3 heterocycles. The molecule has 2 aliphatic rings. The van der Waals surface area contributed by atoms with Gasteiger partial charge in [0.1, 0.15) is 0 Å². The molecule has 5 nitrogen and oxygen atoms in total. The van der Waals surface area contributed by atoms with E-state index in [4.69, 9.17) is 4.74 Å². The predicted octanol–water partition coefficient (Wildman–Crippen LogP) is 1.98. The fraction of sp³-hybridized carbons (Fsp3) is 0.812. The zero-order valence-corrected chi connectivity index (χ0v) is 13.4. The monoisotopic (exact) mass is 292 g/mol. The van der Waals surface area contributed by atoms with Crippen LogP contribution in [0.25, 0.3) is 0 Å². The molecule has 3 rings (SSSR count). The van der Waals surface area contributed by atoms with Crippen LogP contribution < -0.4 is 4.90 Å². The summed E-state index contributed by atoms with van der Waals surface area (Å²) in [5.41, 5.74) is 1.28. The summed E-state index contributed by atoms with van der Waals surface area (Å²) in [5, 5.41) is 4.48. The molecule has 2 aliphatic heterocycles. The molecule has 2 unspecified atom stereocenters. The van der Waals surface area contributed by atoms with Gasteiger partial charge in [0.05, 0.1) is 25.0 Å². The third-order valence-corrected chi connectivity index (χ3v) is 4.99. The molecule has 0 aromatic carbocycles. The second-order valence-electron chi connectivity index (χ2n) is 6.31. The number of fused-ring (bicyclic) bond motifs is 1. The van der Waals surface area contributed by atoms with E-state index in [2.05, 4.69) is 28.0 Å². The number of piperidine rings is 1. The lowest BCUT2D eigenvalue weighted by Crippen LogP contribution is -2.59. The average Bonchev–Trinajstić information content (AvgIpc) is 3.00. The zero-order valence-electron chi connectivity index (χ0n) is 13.4. The van der Waals surface area contributed by atoms with Gasteiger partial charge in [-0.1, -0.05) is 13.3 Å². The maximum absolute atomic E-state index is 5.13. The van der Waals surface area contributed by atoms with Crippen LogP contribution in [0.4, 0.5) is 5.69 Å². The first-order valence-corrected chi connectivity index (χ1v) is 8.34. The molecule has 0 N–H and O–H groups in total. The third-order valence-electron chi connectivity index (χ3n) is 4.99. The normalized spacial score (nSPS) is 26.9. The minimum atomic E-state index is 0.624. The number of rotatable bonds is 5. The summed E-state index contributed by atoms with van der Waals surface area (Å²) in [5.74, 6) is 0. The Morgan fingerprint density at radius 1 is 1.33 bits per heavy atom. The highest BCUT2D eigenvalue weighted by molar-refractivity contribution is 5.45. The van der Waals surface area contributed by atoms with Crippen molar-refractivity contribution in [2.45, 2.75) is 51.2 Å². The average molecular weight is 292 g/mol. The summed E-state index contributed by atoms with van der Waals surface area (Å²) in [6.45, 7) is 7.52. The summed E-state index contributed by atoms with van der Waals surface area (Å²) < 4.78 is 7.13. The summed E-state index contributed by atoms with van der Waals surface area (Å²) in [6, 6.07) is 1.36. The number of ether oxygens (including phenoxy) is 1. The molecule has 0 aliphatic carbocycles. The summed E-state index contributed by atoms with van der Waals surface area (Å²) >= 11 is 0. The molecular weight excluding hydrogens is 264 g/mol. The Labute approximate surface area is 127 Å². The number of hydrogen-bond donors (Lipinski definition) is 0. The Bertz CT molecular complexity index is 447. The van der Waals surface area contributed by atoms with Gasteiger partial charge in [0.2, 0.25) is 0 Å². The number of nitrogens with zero attached hydrogens (tertiary/aromatic N) is 4. The largest absolute Gasteiger partial charge is 0.383 e. The van der Waals surface area contributed by atoms with E-state index in [9.17, 15) is 0 Å². The minimum absolute atomic E-state index is 0.624. The van der Waals surface area contributed by atoms with Crippen molar-refractivity contribution in [2.75, 3.05) is 38.3 Å². The lowest BCUT2D eigenvalue weighted by molar-refractivity contribution is 0.111. The van der Waals surface area contributed by atoms with Gasteiger partial charge in [-0.25, -0.2) is 0 Å². The Morgan fingerprint density at radius 3 is 3.05 bits per heavy atom. The second kappa shape index (κ2) is 6.79. The summed E-state index contributed by atoms with van der Waals surface area (Å²) in [4.78, 5) is 5.30. The van der Waals surface area contributed by atoms with Crippen LogP contribution in [0.1, 0.15) is 32.6 Å². The number of piperazine rings is 1. The van der Waals surface area contributed by atoms with E-state index in [1.54, 1.807) is 7.11 Å². The maximum atomic E-state index is 5.13. The predicted molar refractivity (Wildman–Crippen MR) is 84.7 cm³/mol. The van der Waals surface area contributed by atoms with Crippen LogP contribution in [0.15, 0.2) is 12.4 Å². The van der Waals surface area contributed by atoms with Crippen LogP contribution >= 0.6 is 0 Å². The van der Waals surface area contributed by atoms with Crippen LogP contribution in [-0.2, 0) is 11.3 Å². The van der Waals surface area contributed by atoms with Crippen LogP contribution in [0, 0.1) is 0 Å². The zero-order chi connectivity index (χ0) is 14.7. The van der Waals surface area contributed by atoms with Crippen molar-refractivity contribution in [3.05, 3.63) is 12.4 Å². The molecule has 2 fully saturated rings. The van der Waals surface area contributed by atoms with Gasteiger partial charge in [-0.15, -0.1) is 0 Å². The van der Waals surface area contributed by atoms with Crippen molar-refractivity contribution in [1.82, 2.24) is 14.7 Å². The number of hydrogen-bond acceptors (Lipinski definition) is 4. The van der Waals surface area contributed by atoms with Gasteiger partial charge in [0.25, 0.3) is 0 Å². The van der Waals surface area contributed by atoms with E-state index in [1.165, 1.54) is 44.5 Å². The quantitative estimate of drug-likeness (QED) is 0.831. The molecule has 0 radical (unpaired) electrons. The molecule has 0 spiro atoms. The number of aromatic nitrogens is 2. The minimum Gasteiger partial charge on any atom is -0.383 e. The van der Waals surface area contributed by atoms with Crippen LogP contribution in [0.5, 0.6) is 0 Å². The molecule has 0 saturated carbocycles. The SMILES string of the molecule is CCC1CN2CCCCC2CN1c1cnn(CCOC)c1. The third kappa shape index (κ3) is 3.24. The van der Waals surface area contributed by atoms with Gasteiger partial charge in [0.15, 0.2) is 0 Å². The fourth-order valence-corrected chi connectivity index (χ4v) is 3.73. The van der Waals surface area contributed by atoms with E-state index < -0.39 is 0 Å². The number of anilines is 1. The topological polar surface area (TPSA) is 33.5 Å². The van der Waals surface area contributed by atoms with Crippen molar-refractivity contribution < 1.29 is 4.74 Å². The molecule has 1 aromatic heterocycles. The maximum Gasteiger partial charge on any atom is 0.0756 e. The first-order chi connectivity index (χ1) is 10.3. The fourth-order valence-electron chi connectivity index (χ4n) is 3.73. The Balaban J connectivity index is 1.71. The molecule has 2 atom stereocenters. The molecular formula is C16H28N4O. The van der Waals surface area contributed by atoms with E-state index in [1.807, 2.05) is 10.9 Å². The van der Waals surface area contributed by atoms with Crippen molar-refractivity contribution in [3.63, 3.8) is 0 Å².